The van der Waals surface area contributed by atoms with Crippen molar-refractivity contribution in [2.45, 2.75) is 38.3 Å². The van der Waals surface area contributed by atoms with Gasteiger partial charge in [-0.1, -0.05) is 24.3 Å². The van der Waals surface area contributed by atoms with Gasteiger partial charge in [-0.05, 0) is 50.1 Å². The summed E-state index contributed by atoms with van der Waals surface area (Å²) in [5.74, 6) is 0.907. The Morgan fingerprint density at radius 3 is 2.38 bits per heavy atom. The van der Waals surface area contributed by atoms with Crippen LogP contribution in [0.1, 0.15) is 36.6 Å². The first kappa shape index (κ1) is 18.5. The van der Waals surface area contributed by atoms with Crippen LogP contribution < -0.4 is 10.1 Å². The van der Waals surface area contributed by atoms with Crippen LogP contribution in [0.4, 0.5) is 0 Å². The van der Waals surface area contributed by atoms with Crippen LogP contribution in [0.15, 0.2) is 47.4 Å². The molecule has 2 aromatic carbocycles. The van der Waals surface area contributed by atoms with E-state index in [-0.39, 0.29) is 6.04 Å². The molecule has 4 nitrogen and oxygen atoms in total. The largest absolute Gasteiger partial charge is 0.494 e. The minimum absolute atomic E-state index is 0.106. The van der Waals surface area contributed by atoms with Gasteiger partial charge in [0.25, 0.3) is 0 Å². The Labute approximate surface area is 144 Å². The van der Waals surface area contributed by atoms with Crippen molar-refractivity contribution in [1.29, 1.82) is 0 Å². The van der Waals surface area contributed by atoms with Gasteiger partial charge in [-0.3, -0.25) is 0 Å². The van der Waals surface area contributed by atoms with E-state index in [1.807, 2.05) is 32.0 Å². The van der Waals surface area contributed by atoms with E-state index >= 15 is 0 Å². The number of benzene rings is 2. The monoisotopic (exact) mass is 347 g/mol. The SMILES string of the molecule is CCOc1cc(C)ccc1CN[C@@H](C)c1ccc(S(C)(=O)=O)cc1. The van der Waals surface area contributed by atoms with Gasteiger partial charge in [0.2, 0.25) is 0 Å². The molecule has 0 aliphatic heterocycles. The molecule has 0 aliphatic carbocycles. The molecule has 0 unspecified atom stereocenters. The summed E-state index contributed by atoms with van der Waals surface area (Å²) in [5, 5.41) is 3.46. The van der Waals surface area contributed by atoms with Gasteiger partial charge < -0.3 is 10.1 Å². The van der Waals surface area contributed by atoms with Gasteiger partial charge in [0.15, 0.2) is 9.84 Å². The van der Waals surface area contributed by atoms with E-state index in [0.717, 1.165) is 16.9 Å². The second kappa shape index (κ2) is 7.81. The molecule has 0 fully saturated rings. The third-order valence-corrected chi connectivity index (χ3v) is 5.06. The Morgan fingerprint density at radius 2 is 1.79 bits per heavy atom. The van der Waals surface area contributed by atoms with Gasteiger partial charge in [-0.2, -0.15) is 0 Å². The number of rotatable bonds is 7. The van der Waals surface area contributed by atoms with Crippen molar-refractivity contribution in [3.63, 3.8) is 0 Å². The molecule has 0 aromatic heterocycles. The van der Waals surface area contributed by atoms with E-state index in [2.05, 4.69) is 24.4 Å². The molecule has 0 bridgehead atoms. The van der Waals surface area contributed by atoms with E-state index in [1.165, 1.54) is 11.8 Å². The molecule has 2 rings (SSSR count). The molecule has 0 aliphatic rings. The summed E-state index contributed by atoms with van der Waals surface area (Å²) >= 11 is 0. The molecule has 1 N–H and O–H groups in total. The summed E-state index contributed by atoms with van der Waals surface area (Å²) < 4.78 is 28.7. The maximum absolute atomic E-state index is 11.5. The maximum atomic E-state index is 11.5. The van der Waals surface area contributed by atoms with Crippen LogP contribution in [0.2, 0.25) is 0 Å². The highest BCUT2D eigenvalue weighted by molar-refractivity contribution is 7.90. The van der Waals surface area contributed by atoms with Crippen molar-refractivity contribution >= 4 is 9.84 Å². The second-order valence-electron chi connectivity index (χ2n) is 5.99. The zero-order chi connectivity index (χ0) is 17.7. The van der Waals surface area contributed by atoms with Crippen LogP contribution in [0, 0.1) is 6.92 Å². The van der Waals surface area contributed by atoms with Crippen molar-refractivity contribution in [2.24, 2.45) is 0 Å². The predicted molar refractivity (Wildman–Crippen MR) is 97.2 cm³/mol. The number of hydrogen-bond acceptors (Lipinski definition) is 4. The minimum Gasteiger partial charge on any atom is -0.494 e. The molecule has 1 atom stereocenters. The van der Waals surface area contributed by atoms with Crippen molar-refractivity contribution in [2.75, 3.05) is 12.9 Å². The lowest BCUT2D eigenvalue weighted by atomic mass is 10.1. The topological polar surface area (TPSA) is 55.4 Å². The van der Waals surface area contributed by atoms with Gasteiger partial charge in [-0.15, -0.1) is 0 Å². The average Bonchev–Trinajstić information content (AvgIpc) is 2.53. The van der Waals surface area contributed by atoms with Crippen LogP contribution in [0.25, 0.3) is 0 Å². The summed E-state index contributed by atoms with van der Waals surface area (Å²) in [7, 11) is -3.15. The van der Waals surface area contributed by atoms with E-state index in [4.69, 9.17) is 4.74 Å². The van der Waals surface area contributed by atoms with Crippen LogP contribution in [0.3, 0.4) is 0 Å². The molecule has 5 heteroatoms. The zero-order valence-electron chi connectivity index (χ0n) is 14.7. The first-order valence-electron chi connectivity index (χ1n) is 8.07. The Kier molecular flexibility index (Phi) is 6.02. The first-order valence-corrected chi connectivity index (χ1v) is 9.96. The van der Waals surface area contributed by atoms with Crippen LogP contribution in [-0.4, -0.2) is 21.3 Å². The molecule has 24 heavy (non-hydrogen) atoms. The summed E-state index contributed by atoms with van der Waals surface area (Å²) in [6.45, 7) is 7.41. The highest BCUT2D eigenvalue weighted by atomic mass is 32.2. The molecule has 0 heterocycles. The van der Waals surface area contributed by atoms with Crippen molar-refractivity contribution in [1.82, 2.24) is 5.32 Å². The Hall–Kier alpha value is -1.85. The van der Waals surface area contributed by atoms with Gasteiger partial charge in [-0.25, -0.2) is 8.42 Å². The quantitative estimate of drug-likeness (QED) is 0.831. The van der Waals surface area contributed by atoms with Crippen LogP contribution in [0.5, 0.6) is 5.75 Å². The average molecular weight is 347 g/mol. The third-order valence-electron chi connectivity index (χ3n) is 3.93. The standard InChI is InChI=1S/C19H25NO3S/c1-5-23-19-12-14(2)6-7-17(19)13-20-15(3)16-8-10-18(11-9-16)24(4,21)22/h6-12,15,20H,5,13H2,1-4H3/t15-/m0/s1. The van der Waals surface area contributed by atoms with Gasteiger partial charge in [0.1, 0.15) is 5.75 Å². The summed E-state index contributed by atoms with van der Waals surface area (Å²) in [6.07, 6.45) is 1.22. The Bertz CT molecular complexity index is 783. The van der Waals surface area contributed by atoms with E-state index < -0.39 is 9.84 Å². The number of hydrogen-bond donors (Lipinski definition) is 1. The van der Waals surface area contributed by atoms with Gasteiger partial charge in [0, 0.05) is 24.4 Å². The summed E-state index contributed by atoms with van der Waals surface area (Å²) in [6, 6.07) is 13.3. The number of sulfone groups is 1. The molecule has 0 spiro atoms. The van der Waals surface area contributed by atoms with Gasteiger partial charge >= 0.3 is 0 Å². The van der Waals surface area contributed by atoms with Crippen LogP contribution in [-0.2, 0) is 16.4 Å². The Morgan fingerprint density at radius 1 is 1.12 bits per heavy atom. The fraction of sp³-hybridized carbons (Fsp3) is 0.368. The molecular weight excluding hydrogens is 322 g/mol. The lowest BCUT2D eigenvalue weighted by Crippen LogP contribution is -2.18. The molecule has 0 saturated heterocycles. The van der Waals surface area contributed by atoms with E-state index in [1.54, 1.807) is 12.1 Å². The second-order valence-corrected chi connectivity index (χ2v) is 8.00. The summed E-state index contributed by atoms with van der Waals surface area (Å²) in [4.78, 5) is 0.343. The molecule has 0 amide bonds. The normalized spacial score (nSPS) is 12.8. The highest BCUT2D eigenvalue weighted by Gasteiger charge is 2.10. The van der Waals surface area contributed by atoms with Gasteiger partial charge in [0.05, 0.1) is 11.5 Å². The maximum Gasteiger partial charge on any atom is 0.175 e. The van der Waals surface area contributed by atoms with Crippen molar-refractivity contribution < 1.29 is 13.2 Å². The third kappa shape index (κ3) is 4.82. The fourth-order valence-corrected chi connectivity index (χ4v) is 3.11. The number of nitrogens with one attached hydrogen (secondary N) is 1. The van der Waals surface area contributed by atoms with E-state index in [9.17, 15) is 8.42 Å². The smallest absolute Gasteiger partial charge is 0.175 e. The summed E-state index contributed by atoms with van der Waals surface area (Å²) in [5.41, 5.74) is 3.33. The fourth-order valence-electron chi connectivity index (χ4n) is 2.48. The van der Waals surface area contributed by atoms with Crippen molar-refractivity contribution in [3.8, 4) is 5.75 Å². The first-order chi connectivity index (χ1) is 11.3. The lowest BCUT2D eigenvalue weighted by Gasteiger charge is -2.17. The molecule has 0 radical (unpaired) electrons. The van der Waals surface area contributed by atoms with Crippen molar-refractivity contribution in [3.05, 3.63) is 59.2 Å². The number of ether oxygens (including phenoxy) is 1. The molecule has 130 valence electrons. The predicted octanol–water partition coefficient (Wildman–Crippen LogP) is 3.65. The number of aryl methyl sites for hydroxylation is 1. The zero-order valence-corrected chi connectivity index (χ0v) is 15.5. The molecule has 2 aromatic rings. The minimum atomic E-state index is -3.15. The van der Waals surface area contributed by atoms with Crippen LogP contribution >= 0.6 is 0 Å². The molecular formula is C19H25NO3S. The van der Waals surface area contributed by atoms with E-state index in [0.29, 0.717) is 18.0 Å². The lowest BCUT2D eigenvalue weighted by molar-refractivity contribution is 0.334. The highest BCUT2D eigenvalue weighted by Crippen LogP contribution is 2.22. The molecule has 0 saturated carbocycles. The Balaban J connectivity index is 2.07.